The molecule has 0 atom stereocenters. The van der Waals surface area contributed by atoms with Gasteiger partial charge in [-0.1, -0.05) is 25.0 Å². The summed E-state index contributed by atoms with van der Waals surface area (Å²) >= 11 is 0. The van der Waals surface area contributed by atoms with Crippen LogP contribution in [0.3, 0.4) is 0 Å². The quantitative estimate of drug-likeness (QED) is 0.580. The summed E-state index contributed by atoms with van der Waals surface area (Å²) in [6, 6.07) is 3.85. The SMILES string of the molecule is O=C=NC1(c2ccc3c(c2F)CCC3)CCCC1. The number of hydrogen-bond acceptors (Lipinski definition) is 2. The van der Waals surface area contributed by atoms with Crippen LogP contribution in [-0.2, 0) is 23.2 Å². The van der Waals surface area contributed by atoms with Crippen molar-refractivity contribution in [1.29, 1.82) is 0 Å². The molecule has 3 rings (SSSR count). The maximum Gasteiger partial charge on any atom is 0.235 e. The molecular formula is C15H16FNO. The van der Waals surface area contributed by atoms with Crippen molar-refractivity contribution in [3.63, 3.8) is 0 Å². The minimum atomic E-state index is -0.635. The van der Waals surface area contributed by atoms with E-state index in [-0.39, 0.29) is 5.82 Å². The van der Waals surface area contributed by atoms with Gasteiger partial charge in [-0.2, -0.15) is 4.99 Å². The first kappa shape index (κ1) is 11.6. The highest BCUT2D eigenvalue weighted by atomic mass is 19.1. The number of aliphatic imine (C=N–C) groups is 1. The molecule has 0 heterocycles. The molecule has 94 valence electrons. The lowest BCUT2D eigenvalue weighted by atomic mass is 9.86. The molecule has 0 unspecified atom stereocenters. The maximum absolute atomic E-state index is 14.6. The second-order valence-corrected chi connectivity index (χ2v) is 5.36. The molecule has 1 aromatic carbocycles. The molecule has 0 spiro atoms. The molecule has 2 aliphatic rings. The Bertz CT molecular complexity index is 526. The molecule has 1 fully saturated rings. The van der Waals surface area contributed by atoms with Crippen LogP contribution in [0.25, 0.3) is 0 Å². The highest BCUT2D eigenvalue weighted by Crippen LogP contribution is 2.44. The van der Waals surface area contributed by atoms with E-state index in [1.165, 1.54) is 0 Å². The van der Waals surface area contributed by atoms with Crippen LogP contribution in [0, 0.1) is 5.82 Å². The van der Waals surface area contributed by atoms with Crippen LogP contribution in [0.2, 0.25) is 0 Å². The first-order chi connectivity index (χ1) is 8.77. The van der Waals surface area contributed by atoms with Crippen LogP contribution in [0.4, 0.5) is 4.39 Å². The standard InChI is InChI=1S/C15H16FNO/c16-14-12-5-3-4-11(12)6-7-13(14)15(17-10-18)8-1-2-9-15/h6-7H,1-5,8-9H2. The molecule has 0 aromatic heterocycles. The fourth-order valence-electron chi connectivity index (χ4n) is 3.47. The molecule has 0 saturated heterocycles. The number of aryl methyl sites for hydroxylation is 1. The van der Waals surface area contributed by atoms with E-state index in [0.29, 0.717) is 5.56 Å². The van der Waals surface area contributed by atoms with E-state index in [2.05, 4.69) is 4.99 Å². The molecule has 3 heteroatoms. The Kier molecular flexibility index (Phi) is 2.79. The van der Waals surface area contributed by atoms with Gasteiger partial charge in [0, 0.05) is 5.56 Å². The van der Waals surface area contributed by atoms with Crippen LogP contribution in [0.15, 0.2) is 17.1 Å². The maximum atomic E-state index is 14.6. The zero-order valence-corrected chi connectivity index (χ0v) is 10.3. The van der Waals surface area contributed by atoms with E-state index < -0.39 is 5.54 Å². The van der Waals surface area contributed by atoms with Crippen LogP contribution in [-0.4, -0.2) is 6.08 Å². The number of carbonyl (C=O) groups excluding carboxylic acids is 1. The zero-order valence-electron chi connectivity index (χ0n) is 10.3. The van der Waals surface area contributed by atoms with Gasteiger partial charge in [0.15, 0.2) is 0 Å². The summed E-state index contributed by atoms with van der Waals surface area (Å²) in [4.78, 5) is 14.6. The third kappa shape index (κ3) is 1.62. The number of isocyanates is 1. The number of benzene rings is 1. The second-order valence-electron chi connectivity index (χ2n) is 5.36. The van der Waals surface area contributed by atoms with Gasteiger partial charge in [-0.25, -0.2) is 9.18 Å². The lowest BCUT2D eigenvalue weighted by Crippen LogP contribution is -2.21. The van der Waals surface area contributed by atoms with E-state index in [1.54, 1.807) is 6.08 Å². The minimum Gasteiger partial charge on any atom is -0.211 e. The van der Waals surface area contributed by atoms with Gasteiger partial charge in [0.1, 0.15) is 11.4 Å². The van der Waals surface area contributed by atoms with E-state index in [0.717, 1.165) is 56.1 Å². The Balaban J connectivity index is 2.13. The lowest BCUT2D eigenvalue weighted by Gasteiger charge is -2.24. The molecular weight excluding hydrogens is 229 g/mol. The summed E-state index contributed by atoms with van der Waals surface area (Å²) in [5, 5.41) is 0. The van der Waals surface area contributed by atoms with Gasteiger partial charge >= 0.3 is 0 Å². The van der Waals surface area contributed by atoms with Crippen LogP contribution in [0.5, 0.6) is 0 Å². The van der Waals surface area contributed by atoms with Crippen molar-refractivity contribution in [3.8, 4) is 0 Å². The topological polar surface area (TPSA) is 29.4 Å². The summed E-state index contributed by atoms with van der Waals surface area (Å²) in [6.45, 7) is 0. The van der Waals surface area contributed by atoms with Gasteiger partial charge in [0.2, 0.25) is 6.08 Å². The third-order valence-electron chi connectivity index (χ3n) is 4.40. The van der Waals surface area contributed by atoms with Crippen molar-refractivity contribution in [3.05, 3.63) is 34.6 Å². The predicted octanol–water partition coefficient (Wildman–Crippen LogP) is 3.42. The smallest absolute Gasteiger partial charge is 0.211 e. The summed E-state index contributed by atoms with van der Waals surface area (Å²) in [6.07, 6.45) is 7.99. The van der Waals surface area contributed by atoms with Gasteiger partial charge < -0.3 is 0 Å². The van der Waals surface area contributed by atoms with E-state index in [9.17, 15) is 9.18 Å². The third-order valence-corrected chi connectivity index (χ3v) is 4.40. The van der Waals surface area contributed by atoms with Crippen molar-refractivity contribution < 1.29 is 9.18 Å². The summed E-state index contributed by atoms with van der Waals surface area (Å²) in [7, 11) is 0. The Morgan fingerprint density at radius 1 is 1.17 bits per heavy atom. The van der Waals surface area contributed by atoms with E-state index in [1.807, 2.05) is 12.1 Å². The molecule has 0 N–H and O–H groups in total. The van der Waals surface area contributed by atoms with Crippen LogP contribution in [0.1, 0.15) is 48.8 Å². The van der Waals surface area contributed by atoms with Gasteiger partial charge in [-0.05, 0) is 43.2 Å². The molecule has 1 aromatic rings. The lowest BCUT2D eigenvalue weighted by molar-refractivity contribution is 0.428. The molecule has 1 saturated carbocycles. The first-order valence-electron chi connectivity index (χ1n) is 6.67. The Hall–Kier alpha value is -1.47. The number of halogens is 1. The van der Waals surface area contributed by atoms with Crippen molar-refractivity contribution in [2.75, 3.05) is 0 Å². The molecule has 0 bridgehead atoms. The summed E-state index contributed by atoms with van der Waals surface area (Å²) in [5.74, 6) is -0.120. The van der Waals surface area contributed by atoms with E-state index in [4.69, 9.17) is 0 Å². The number of nitrogens with zero attached hydrogens (tertiary/aromatic N) is 1. The van der Waals surface area contributed by atoms with Crippen molar-refractivity contribution in [2.24, 2.45) is 4.99 Å². The Labute approximate surface area is 106 Å². The number of rotatable bonds is 2. The highest BCUT2D eigenvalue weighted by Gasteiger charge is 2.39. The monoisotopic (exact) mass is 245 g/mol. The average Bonchev–Trinajstić information content (AvgIpc) is 2.99. The van der Waals surface area contributed by atoms with Crippen molar-refractivity contribution >= 4 is 6.08 Å². The Morgan fingerprint density at radius 2 is 1.94 bits per heavy atom. The van der Waals surface area contributed by atoms with Crippen LogP contribution < -0.4 is 0 Å². The molecule has 0 aliphatic heterocycles. The number of hydrogen-bond donors (Lipinski definition) is 0. The molecule has 0 radical (unpaired) electrons. The molecule has 18 heavy (non-hydrogen) atoms. The fraction of sp³-hybridized carbons (Fsp3) is 0.533. The predicted molar refractivity (Wildman–Crippen MR) is 66.7 cm³/mol. The average molecular weight is 245 g/mol. The molecule has 2 nitrogen and oxygen atoms in total. The second kappa shape index (κ2) is 4.33. The summed E-state index contributed by atoms with van der Waals surface area (Å²) in [5.41, 5.74) is 1.95. The van der Waals surface area contributed by atoms with Gasteiger partial charge in [-0.15, -0.1) is 0 Å². The fourth-order valence-corrected chi connectivity index (χ4v) is 3.47. The zero-order chi connectivity index (χ0) is 12.6. The van der Waals surface area contributed by atoms with Gasteiger partial charge in [-0.3, -0.25) is 0 Å². The normalized spacial score (nSPS) is 20.5. The summed E-state index contributed by atoms with van der Waals surface area (Å²) < 4.78 is 14.6. The Morgan fingerprint density at radius 3 is 2.67 bits per heavy atom. The minimum absolute atomic E-state index is 0.120. The van der Waals surface area contributed by atoms with Crippen molar-refractivity contribution in [2.45, 2.75) is 50.5 Å². The van der Waals surface area contributed by atoms with Gasteiger partial charge in [0.25, 0.3) is 0 Å². The van der Waals surface area contributed by atoms with E-state index >= 15 is 0 Å². The largest absolute Gasteiger partial charge is 0.235 e. The highest BCUT2D eigenvalue weighted by molar-refractivity contribution is 5.44. The van der Waals surface area contributed by atoms with Crippen molar-refractivity contribution in [1.82, 2.24) is 0 Å². The molecule has 2 aliphatic carbocycles. The van der Waals surface area contributed by atoms with Gasteiger partial charge in [0.05, 0.1) is 0 Å². The first-order valence-corrected chi connectivity index (χ1v) is 6.67. The number of fused-ring (bicyclic) bond motifs is 1. The van der Waals surface area contributed by atoms with Crippen LogP contribution >= 0.6 is 0 Å². The molecule has 0 amide bonds.